The minimum atomic E-state index is -0.835. The summed E-state index contributed by atoms with van der Waals surface area (Å²) in [5.74, 6) is -0.835. The van der Waals surface area contributed by atoms with Gasteiger partial charge in [0.15, 0.2) is 5.82 Å². The number of nitro benzene ring substituents is 1. The van der Waals surface area contributed by atoms with Crippen LogP contribution in [0.3, 0.4) is 0 Å². The van der Waals surface area contributed by atoms with E-state index < -0.39 is 16.8 Å². The minimum absolute atomic E-state index is 0.0382. The molecule has 1 aromatic rings. The molecule has 0 saturated heterocycles. The number of hydrogen-bond acceptors (Lipinski definition) is 5. The van der Waals surface area contributed by atoms with Gasteiger partial charge in [-0.1, -0.05) is 0 Å². The van der Waals surface area contributed by atoms with Crippen molar-refractivity contribution >= 4 is 27.3 Å². The van der Waals surface area contributed by atoms with Crippen molar-refractivity contribution in [3.8, 4) is 0 Å². The van der Waals surface area contributed by atoms with Crippen LogP contribution in [0, 0.1) is 15.9 Å². The van der Waals surface area contributed by atoms with E-state index in [1.165, 1.54) is 0 Å². The topological polar surface area (TPSA) is 95.6 Å². The quantitative estimate of drug-likeness (QED) is 0.562. The van der Waals surface area contributed by atoms with Crippen LogP contribution in [0.25, 0.3) is 0 Å². The summed E-state index contributed by atoms with van der Waals surface area (Å²) < 4.78 is 13.7. The SMILES string of the molecule is O=[N+]([O-])c1cc(F)c(NC(CO)CO)c(Br)c1. The van der Waals surface area contributed by atoms with Gasteiger partial charge in [0.25, 0.3) is 5.69 Å². The number of aliphatic hydroxyl groups is 2. The van der Waals surface area contributed by atoms with Crippen LogP contribution < -0.4 is 5.32 Å². The summed E-state index contributed by atoms with van der Waals surface area (Å²) in [6.07, 6.45) is 0. The average Bonchev–Trinajstić information content (AvgIpc) is 2.28. The maximum absolute atomic E-state index is 13.5. The van der Waals surface area contributed by atoms with Crippen molar-refractivity contribution < 1.29 is 19.5 Å². The fourth-order valence-corrected chi connectivity index (χ4v) is 1.69. The third-order valence-corrected chi connectivity index (χ3v) is 2.65. The predicted molar refractivity (Wildman–Crippen MR) is 62.3 cm³/mol. The Labute approximate surface area is 104 Å². The summed E-state index contributed by atoms with van der Waals surface area (Å²) in [7, 11) is 0. The Hall–Kier alpha value is -1.25. The molecule has 0 radical (unpaired) electrons. The monoisotopic (exact) mass is 308 g/mol. The van der Waals surface area contributed by atoms with Crippen LogP contribution in [0.4, 0.5) is 15.8 Å². The van der Waals surface area contributed by atoms with Crippen molar-refractivity contribution in [2.24, 2.45) is 0 Å². The van der Waals surface area contributed by atoms with Crippen LogP contribution in [-0.2, 0) is 0 Å². The Bertz CT molecular complexity index is 402. The minimum Gasteiger partial charge on any atom is -0.394 e. The lowest BCUT2D eigenvalue weighted by molar-refractivity contribution is -0.385. The highest BCUT2D eigenvalue weighted by Gasteiger charge is 2.17. The van der Waals surface area contributed by atoms with E-state index in [0.29, 0.717) is 0 Å². The molecule has 0 atom stereocenters. The third-order valence-electron chi connectivity index (χ3n) is 2.03. The molecule has 0 aliphatic rings. The summed E-state index contributed by atoms with van der Waals surface area (Å²) in [5, 5.41) is 30.7. The maximum atomic E-state index is 13.5. The van der Waals surface area contributed by atoms with Gasteiger partial charge >= 0.3 is 0 Å². The van der Waals surface area contributed by atoms with E-state index >= 15 is 0 Å². The predicted octanol–water partition coefficient (Wildman–Crippen LogP) is 1.26. The van der Waals surface area contributed by atoms with Crippen LogP contribution in [0.1, 0.15) is 0 Å². The Balaban J connectivity index is 3.05. The molecule has 0 heterocycles. The first-order chi connectivity index (χ1) is 7.99. The number of anilines is 1. The molecule has 17 heavy (non-hydrogen) atoms. The van der Waals surface area contributed by atoms with Gasteiger partial charge < -0.3 is 15.5 Å². The number of nitrogens with zero attached hydrogens (tertiary/aromatic N) is 1. The number of benzene rings is 1. The van der Waals surface area contributed by atoms with Gasteiger partial charge in [0.1, 0.15) is 0 Å². The summed E-state index contributed by atoms with van der Waals surface area (Å²) in [4.78, 5) is 9.75. The van der Waals surface area contributed by atoms with Crippen molar-refractivity contribution in [2.45, 2.75) is 6.04 Å². The molecule has 0 unspecified atom stereocenters. The van der Waals surface area contributed by atoms with E-state index in [1.54, 1.807) is 0 Å². The average molecular weight is 309 g/mol. The molecular formula is C9H10BrFN2O4. The van der Waals surface area contributed by atoms with E-state index in [9.17, 15) is 14.5 Å². The Morgan fingerprint density at radius 3 is 2.47 bits per heavy atom. The molecule has 0 spiro atoms. The molecular weight excluding hydrogens is 299 g/mol. The fraction of sp³-hybridized carbons (Fsp3) is 0.333. The molecule has 1 aromatic carbocycles. The van der Waals surface area contributed by atoms with E-state index in [1.807, 2.05) is 0 Å². The molecule has 0 bridgehead atoms. The van der Waals surface area contributed by atoms with Gasteiger partial charge in [0.2, 0.25) is 0 Å². The molecule has 8 heteroatoms. The third kappa shape index (κ3) is 3.35. The first-order valence-corrected chi connectivity index (χ1v) is 5.40. The standard InChI is InChI=1S/C9H10BrFN2O4/c10-7-1-6(13(16)17)2-8(11)9(7)12-5(3-14)4-15/h1-2,5,12,14-15H,3-4H2. The molecule has 0 fully saturated rings. The van der Waals surface area contributed by atoms with Gasteiger partial charge in [0, 0.05) is 6.07 Å². The normalized spacial score (nSPS) is 10.6. The zero-order chi connectivity index (χ0) is 13.0. The second-order valence-corrected chi connectivity index (χ2v) is 4.10. The van der Waals surface area contributed by atoms with E-state index in [4.69, 9.17) is 10.2 Å². The lowest BCUT2D eigenvalue weighted by Crippen LogP contribution is -2.28. The first-order valence-electron chi connectivity index (χ1n) is 4.61. The lowest BCUT2D eigenvalue weighted by Gasteiger charge is -2.16. The summed E-state index contributed by atoms with van der Waals surface area (Å²) in [6.45, 7) is -0.779. The molecule has 0 saturated carbocycles. The number of aliphatic hydroxyl groups excluding tert-OH is 2. The van der Waals surface area contributed by atoms with Gasteiger partial charge in [-0.25, -0.2) is 4.39 Å². The van der Waals surface area contributed by atoms with Crippen LogP contribution in [0.5, 0.6) is 0 Å². The summed E-state index contributed by atoms with van der Waals surface area (Å²) in [5.41, 5.74) is -0.423. The molecule has 0 aromatic heterocycles. The van der Waals surface area contributed by atoms with Crippen LogP contribution >= 0.6 is 15.9 Å². The van der Waals surface area contributed by atoms with Gasteiger partial charge in [0.05, 0.1) is 40.4 Å². The zero-order valence-electron chi connectivity index (χ0n) is 8.56. The number of nitro groups is 1. The second-order valence-electron chi connectivity index (χ2n) is 3.25. The number of halogens is 2. The lowest BCUT2D eigenvalue weighted by atomic mass is 10.2. The van der Waals surface area contributed by atoms with Crippen LogP contribution in [-0.4, -0.2) is 34.4 Å². The molecule has 94 valence electrons. The van der Waals surface area contributed by atoms with E-state index in [-0.39, 0.29) is 29.1 Å². The zero-order valence-corrected chi connectivity index (χ0v) is 10.1. The fourth-order valence-electron chi connectivity index (χ4n) is 1.16. The highest BCUT2D eigenvalue weighted by molar-refractivity contribution is 9.10. The number of non-ortho nitro benzene ring substituents is 1. The van der Waals surface area contributed by atoms with Crippen LogP contribution in [0.2, 0.25) is 0 Å². The number of rotatable bonds is 5. The molecule has 3 N–H and O–H groups in total. The molecule has 0 amide bonds. The van der Waals surface area contributed by atoms with Crippen LogP contribution in [0.15, 0.2) is 16.6 Å². The molecule has 6 nitrogen and oxygen atoms in total. The molecule has 0 aliphatic heterocycles. The largest absolute Gasteiger partial charge is 0.394 e. The highest BCUT2D eigenvalue weighted by Crippen LogP contribution is 2.30. The van der Waals surface area contributed by atoms with E-state index in [2.05, 4.69) is 21.2 Å². The Morgan fingerprint density at radius 2 is 2.06 bits per heavy atom. The first kappa shape index (κ1) is 13.8. The second kappa shape index (κ2) is 5.89. The van der Waals surface area contributed by atoms with Crippen molar-refractivity contribution in [1.29, 1.82) is 0 Å². The summed E-state index contributed by atoms with van der Waals surface area (Å²) in [6, 6.07) is 1.16. The molecule has 0 aliphatic carbocycles. The van der Waals surface area contributed by atoms with Gasteiger partial charge in [-0.05, 0) is 15.9 Å². The van der Waals surface area contributed by atoms with Gasteiger partial charge in [-0.15, -0.1) is 0 Å². The summed E-state index contributed by atoms with van der Waals surface area (Å²) >= 11 is 2.98. The smallest absolute Gasteiger partial charge is 0.273 e. The Kier molecular flexibility index (Phi) is 4.79. The highest BCUT2D eigenvalue weighted by atomic mass is 79.9. The van der Waals surface area contributed by atoms with Crippen molar-refractivity contribution in [1.82, 2.24) is 0 Å². The van der Waals surface area contributed by atoms with Crippen molar-refractivity contribution in [2.75, 3.05) is 18.5 Å². The van der Waals surface area contributed by atoms with Gasteiger partial charge in [-0.3, -0.25) is 10.1 Å². The molecule has 1 rings (SSSR count). The number of nitrogens with one attached hydrogen (secondary N) is 1. The maximum Gasteiger partial charge on any atom is 0.273 e. The van der Waals surface area contributed by atoms with E-state index in [0.717, 1.165) is 12.1 Å². The van der Waals surface area contributed by atoms with Crippen molar-refractivity contribution in [3.63, 3.8) is 0 Å². The number of hydrogen-bond donors (Lipinski definition) is 3. The Morgan fingerprint density at radius 1 is 1.47 bits per heavy atom. The van der Waals surface area contributed by atoms with Gasteiger partial charge in [-0.2, -0.15) is 0 Å². The van der Waals surface area contributed by atoms with Crippen molar-refractivity contribution in [3.05, 3.63) is 32.5 Å².